The van der Waals surface area contributed by atoms with Gasteiger partial charge in [-0.1, -0.05) is 452 Å². The van der Waals surface area contributed by atoms with E-state index < -0.39 is 0 Å². The smallest absolute Gasteiger partial charge is 0.0354 e. The van der Waals surface area contributed by atoms with Crippen molar-refractivity contribution in [3.05, 3.63) is 0 Å². The summed E-state index contributed by atoms with van der Waals surface area (Å²) in [5, 5.41) is 0. The number of rotatable bonds is 21. The molecule has 0 nitrogen and oxygen atoms in total. The van der Waals surface area contributed by atoms with Crippen LogP contribution in [0.25, 0.3) is 0 Å². The van der Waals surface area contributed by atoms with Gasteiger partial charge in [0.25, 0.3) is 0 Å². The molecule has 5 aliphatic rings. The van der Waals surface area contributed by atoms with Crippen LogP contribution in [-0.4, -0.2) is 0 Å². The molecule has 5 fully saturated rings. The minimum Gasteiger partial charge on any atom is -0.0654 e. The summed E-state index contributed by atoms with van der Waals surface area (Å²) >= 11 is 0. The molecule has 0 radical (unpaired) electrons. The topological polar surface area (TPSA) is 0 Å². The van der Waals surface area contributed by atoms with Crippen molar-refractivity contribution < 1.29 is 0 Å². The molecule has 0 heteroatoms. The lowest BCUT2D eigenvalue weighted by Crippen LogP contribution is -2.19. The van der Waals surface area contributed by atoms with Gasteiger partial charge >= 0.3 is 0 Å². The standard InChI is InChI=1S/C9H18.C8H16.2C7H14.6C7H16.C6H12.C6H14/c1-8-4-6-9(2,3)7-5-8;1-7(2)8-5-3-4-6-8;1-6(2)7-4-3-5-7;1-7-5-3-2-4-6-7;1-5-6-7(2,3)4;2*1-4-5-6-7(2)3;1-4-6-7(3)5-2;1-4-7(5-2)6-3;1-3-5-7-6-4-2;1-2-3-6-4-5-6;1-5-6(2,3)4/h8H,4-7H2,1-3H3;7-8H,3-6H2,1-2H3;6-7H,3-5H2,1-2H3;7H,2-6H2,1H3;5-6H2,1-4H3;4*7H,4-6H2,1-3H3;3-7H2,1-2H3;6H,2-5H2,1H3;5H2,1-4H3/t;;;;;;;7-;;;;/m.......1..../s1. The third-order valence-corrected chi connectivity index (χ3v) is 19.1. The van der Waals surface area contributed by atoms with E-state index in [1.807, 2.05) is 0 Å². The van der Waals surface area contributed by atoms with Gasteiger partial charge in [0.05, 0.1) is 0 Å². The number of hydrogen-bond donors (Lipinski definition) is 0. The van der Waals surface area contributed by atoms with Gasteiger partial charge in [0, 0.05) is 0 Å². The third kappa shape index (κ3) is 95.3. The molecule has 5 rings (SSSR count). The first-order chi connectivity index (χ1) is 39.8. The average Bonchev–Trinajstić information content (AvgIpc) is 4.10. The molecule has 0 aromatic heterocycles. The molecule has 0 aliphatic heterocycles. The van der Waals surface area contributed by atoms with Crippen LogP contribution in [0.3, 0.4) is 0 Å². The highest BCUT2D eigenvalue weighted by Gasteiger charge is 2.24. The van der Waals surface area contributed by atoms with Crippen molar-refractivity contribution in [1.29, 1.82) is 0 Å². The van der Waals surface area contributed by atoms with Crippen LogP contribution < -0.4 is 0 Å². The first-order valence-corrected chi connectivity index (χ1v) is 39.8. The maximum atomic E-state index is 2.39. The minimum atomic E-state index is 0.542. The van der Waals surface area contributed by atoms with E-state index in [1.165, 1.54) is 257 Å². The zero-order chi connectivity index (χ0) is 67.1. The Morgan fingerprint density at radius 3 is 0.871 bits per heavy atom. The molecule has 0 spiro atoms. The lowest BCUT2D eigenvalue weighted by molar-refractivity contribution is 0.201. The molecule has 0 N–H and O–H groups in total. The lowest BCUT2D eigenvalue weighted by atomic mass is 9.74. The third-order valence-electron chi connectivity index (χ3n) is 19.1. The molecule has 5 saturated carbocycles. The zero-order valence-corrected chi connectivity index (χ0v) is 67.1. The van der Waals surface area contributed by atoms with E-state index in [1.54, 1.807) is 0 Å². The molecule has 85 heavy (non-hydrogen) atoms. The van der Waals surface area contributed by atoms with E-state index in [4.69, 9.17) is 0 Å². The summed E-state index contributed by atoms with van der Waals surface area (Å²) in [5.41, 5.74) is 1.75. The molecule has 1 atom stereocenters. The normalized spacial score (nSPS) is 16.9. The summed E-state index contributed by atoms with van der Waals surface area (Å²) in [7, 11) is 0. The monoisotopic (exact) mass is 1210 g/mol. The van der Waals surface area contributed by atoms with Gasteiger partial charge in [0.2, 0.25) is 0 Å². The Morgan fingerprint density at radius 2 is 0.729 bits per heavy atom. The quantitative estimate of drug-likeness (QED) is 0.101. The van der Waals surface area contributed by atoms with Crippen LogP contribution in [0.1, 0.15) is 471 Å². The molecule has 524 valence electrons. The van der Waals surface area contributed by atoms with Gasteiger partial charge in [-0.05, 0) is 101 Å². The van der Waals surface area contributed by atoms with Crippen LogP contribution in [0.4, 0.5) is 0 Å². The molecule has 0 aromatic carbocycles. The average molecular weight is 1210 g/mol. The Morgan fingerprint density at radius 1 is 0.365 bits per heavy atom. The first kappa shape index (κ1) is 98.6. The SMILES string of the molecule is CC(C)C1CCC1.CC(C)C1CCCC1.CC1CCC(C)(C)CC1.CC1CCCCC1.CCC(C)(C)C.CCC(CC)CC.CCCC(C)(C)C.CCCC1CC1.CCCCC(C)C.CCCCC(C)C.CCCCCCC.CCC[C@H](C)CC. The predicted octanol–water partition coefficient (Wildman–Crippen LogP) is 32.9. The van der Waals surface area contributed by atoms with E-state index in [0.717, 1.165) is 65.1 Å². The van der Waals surface area contributed by atoms with Crippen LogP contribution in [0.15, 0.2) is 0 Å². The van der Waals surface area contributed by atoms with Crippen molar-refractivity contribution in [3.8, 4) is 0 Å². The highest BCUT2D eigenvalue weighted by molar-refractivity contribution is 4.76. The lowest BCUT2D eigenvalue weighted by Gasteiger charge is -2.32. The van der Waals surface area contributed by atoms with E-state index >= 15 is 0 Å². The second kappa shape index (κ2) is 69.9. The Kier molecular flexibility index (Phi) is 81.0. The number of unbranched alkanes of at least 4 members (excludes halogenated alkanes) is 6. The van der Waals surface area contributed by atoms with Crippen LogP contribution in [-0.2, 0) is 0 Å². The van der Waals surface area contributed by atoms with E-state index in [-0.39, 0.29) is 0 Å². The first-order valence-electron chi connectivity index (χ1n) is 39.8. The molecular formula is C85H184. The second-order valence-electron chi connectivity index (χ2n) is 33.3. The molecule has 0 bridgehead atoms. The summed E-state index contributed by atoms with van der Waals surface area (Å²) in [6.45, 7) is 70.7. The van der Waals surface area contributed by atoms with Crippen molar-refractivity contribution in [2.24, 2.45) is 81.3 Å². The van der Waals surface area contributed by atoms with Crippen LogP contribution in [0, 0.1) is 81.3 Å². The van der Waals surface area contributed by atoms with Crippen molar-refractivity contribution in [2.45, 2.75) is 471 Å². The summed E-state index contributed by atoms with van der Waals surface area (Å²) in [6, 6.07) is 0. The molecule has 0 heterocycles. The maximum absolute atomic E-state index is 2.39. The second-order valence-corrected chi connectivity index (χ2v) is 33.3. The fourth-order valence-electron chi connectivity index (χ4n) is 10.6. The summed E-state index contributed by atoms with van der Waals surface area (Å²) in [5.74, 6) is 11.0. The molecule has 0 amide bonds. The highest BCUT2D eigenvalue weighted by atomic mass is 14.3. The van der Waals surface area contributed by atoms with Crippen molar-refractivity contribution in [3.63, 3.8) is 0 Å². The maximum Gasteiger partial charge on any atom is -0.0354 e. The Labute approximate surface area is 549 Å². The van der Waals surface area contributed by atoms with Gasteiger partial charge in [-0.2, -0.15) is 0 Å². The Bertz CT molecular complexity index is 1090. The molecule has 0 saturated heterocycles. The van der Waals surface area contributed by atoms with E-state index in [2.05, 4.69) is 215 Å². The van der Waals surface area contributed by atoms with Crippen LogP contribution >= 0.6 is 0 Å². The van der Waals surface area contributed by atoms with Crippen LogP contribution in [0.5, 0.6) is 0 Å². The Hall–Kier alpha value is 0. The predicted molar refractivity (Wildman–Crippen MR) is 406 cm³/mol. The molecule has 0 unspecified atom stereocenters. The van der Waals surface area contributed by atoms with Crippen molar-refractivity contribution in [2.75, 3.05) is 0 Å². The van der Waals surface area contributed by atoms with Gasteiger partial charge < -0.3 is 0 Å². The summed E-state index contributed by atoms with van der Waals surface area (Å²) in [4.78, 5) is 0. The van der Waals surface area contributed by atoms with Gasteiger partial charge in [-0.3, -0.25) is 0 Å². The summed E-state index contributed by atoms with van der Waals surface area (Å²) < 4.78 is 0. The zero-order valence-electron chi connectivity index (χ0n) is 67.1. The highest BCUT2D eigenvalue weighted by Crippen LogP contribution is 2.38. The molecule has 5 aliphatic carbocycles. The van der Waals surface area contributed by atoms with Gasteiger partial charge in [-0.25, -0.2) is 0 Å². The van der Waals surface area contributed by atoms with Crippen LogP contribution in [0.2, 0.25) is 0 Å². The van der Waals surface area contributed by atoms with Gasteiger partial charge in [0.15, 0.2) is 0 Å². The van der Waals surface area contributed by atoms with Gasteiger partial charge in [-0.15, -0.1) is 0 Å². The van der Waals surface area contributed by atoms with E-state index in [9.17, 15) is 0 Å². The van der Waals surface area contributed by atoms with E-state index in [0.29, 0.717) is 16.2 Å². The van der Waals surface area contributed by atoms with Crippen molar-refractivity contribution in [1.82, 2.24) is 0 Å². The minimum absolute atomic E-state index is 0.542. The Balaban J connectivity index is -0.000000156. The van der Waals surface area contributed by atoms with Gasteiger partial charge in [0.1, 0.15) is 0 Å². The fourth-order valence-corrected chi connectivity index (χ4v) is 10.6. The summed E-state index contributed by atoms with van der Waals surface area (Å²) in [6.07, 6.45) is 57.0. The molecular weight excluding hydrogens is 1020 g/mol. The fraction of sp³-hybridized carbons (Fsp3) is 1.00. The largest absolute Gasteiger partial charge is 0.0654 e. The molecule has 0 aromatic rings. The number of hydrogen-bond acceptors (Lipinski definition) is 0. The van der Waals surface area contributed by atoms with Crippen molar-refractivity contribution >= 4 is 0 Å².